The van der Waals surface area contributed by atoms with Crippen LogP contribution in [0.4, 0.5) is 26.3 Å². The molecule has 0 aliphatic rings. The van der Waals surface area contributed by atoms with Crippen LogP contribution in [0.5, 0.6) is 0 Å². The number of alkyl halides is 6. The summed E-state index contributed by atoms with van der Waals surface area (Å²) >= 11 is 0. The number of hydrogen-bond acceptors (Lipinski definition) is 7. The van der Waals surface area contributed by atoms with Crippen LogP contribution in [0.15, 0.2) is 70.9 Å². The van der Waals surface area contributed by atoms with Gasteiger partial charge < -0.3 is 13.6 Å². The summed E-state index contributed by atoms with van der Waals surface area (Å²) in [6.45, 7) is -2.47. The molecular weight excluding hydrogens is 462 g/mol. The molecule has 0 fully saturated rings. The minimum Gasteiger partial charge on any atom is -0.466 e. The summed E-state index contributed by atoms with van der Waals surface area (Å²) in [4.78, 5) is 7.12. The predicted octanol–water partition coefficient (Wildman–Crippen LogP) is 3.69. The Hall–Kier alpha value is -3.62. The second-order valence-electron chi connectivity index (χ2n) is 6.89. The lowest BCUT2D eigenvalue weighted by atomic mass is 9.93. The van der Waals surface area contributed by atoms with Crippen molar-refractivity contribution in [1.29, 1.82) is 0 Å². The van der Waals surface area contributed by atoms with E-state index in [-0.39, 0.29) is 0 Å². The lowest BCUT2D eigenvalue weighted by Gasteiger charge is -2.43. The average Bonchev–Trinajstić information content (AvgIpc) is 3.54. The van der Waals surface area contributed by atoms with Gasteiger partial charge in [-0.25, -0.2) is 19.3 Å². The summed E-state index contributed by atoms with van der Waals surface area (Å²) < 4.78 is 105. The van der Waals surface area contributed by atoms with E-state index in [1.165, 1.54) is 0 Å². The van der Waals surface area contributed by atoms with Crippen molar-refractivity contribution in [3.05, 3.63) is 73.6 Å². The molecule has 0 aromatic carbocycles. The number of aromatic nitrogens is 6. The summed E-state index contributed by atoms with van der Waals surface area (Å²) in [6.07, 6.45) is -5.37. The maximum Gasteiger partial charge on any atom is 0.426 e. The van der Waals surface area contributed by atoms with Gasteiger partial charge in [0.2, 0.25) is 11.2 Å². The minimum atomic E-state index is -5.41. The van der Waals surface area contributed by atoms with Crippen molar-refractivity contribution in [2.24, 2.45) is 0 Å². The second kappa shape index (κ2) is 8.06. The molecule has 0 amide bonds. The summed E-state index contributed by atoms with van der Waals surface area (Å²) in [5, 5.41) is 7.21. The Morgan fingerprint density at radius 1 is 0.727 bits per heavy atom. The molecule has 4 aromatic heterocycles. The van der Waals surface area contributed by atoms with Crippen LogP contribution in [0, 0.1) is 0 Å². The van der Waals surface area contributed by atoms with E-state index in [4.69, 9.17) is 13.6 Å². The number of rotatable bonds is 8. The van der Waals surface area contributed by atoms with Crippen LogP contribution in [0.1, 0.15) is 11.5 Å². The van der Waals surface area contributed by atoms with Crippen molar-refractivity contribution in [2.45, 2.75) is 36.6 Å². The van der Waals surface area contributed by atoms with Gasteiger partial charge in [0.05, 0.1) is 25.6 Å². The van der Waals surface area contributed by atoms with Crippen molar-refractivity contribution in [1.82, 2.24) is 29.5 Å². The van der Waals surface area contributed by atoms with E-state index in [1.807, 2.05) is 0 Å². The molecule has 0 radical (unpaired) electrons. The van der Waals surface area contributed by atoms with E-state index < -0.39 is 48.2 Å². The molecule has 176 valence electrons. The lowest BCUT2D eigenvalue weighted by Crippen LogP contribution is -2.58. The van der Waals surface area contributed by atoms with E-state index in [0.29, 0.717) is 9.36 Å². The molecule has 15 heteroatoms. The maximum atomic E-state index is 14.7. The van der Waals surface area contributed by atoms with Crippen LogP contribution in [0.3, 0.4) is 0 Å². The number of halogens is 6. The van der Waals surface area contributed by atoms with Crippen LogP contribution in [0.25, 0.3) is 0 Å². The topological polar surface area (TPSA) is 96.9 Å². The lowest BCUT2D eigenvalue weighted by molar-refractivity contribution is -0.391. The monoisotopic (exact) mass is 476 g/mol. The predicted molar refractivity (Wildman–Crippen MR) is 94.0 cm³/mol. The van der Waals surface area contributed by atoms with Gasteiger partial charge in [-0.3, -0.25) is 0 Å². The molecule has 0 bridgehead atoms. The highest BCUT2D eigenvalue weighted by molar-refractivity contribution is 5.19. The molecule has 0 aliphatic carbocycles. The zero-order valence-corrected chi connectivity index (χ0v) is 16.4. The molecule has 2 unspecified atom stereocenters. The summed E-state index contributed by atoms with van der Waals surface area (Å²) in [6, 6.07) is 3.92. The zero-order chi connectivity index (χ0) is 23.7. The van der Waals surface area contributed by atoms with E-state index in [0.717, 1.165) is 62.1 Å². The SMILES string of the molecule is FC(F)(F)C(Cn1cncn1)(OC(Cn1cncn1)(c1ccco1)C(F)(F)F)c1ccco1. The Labute approximate surface area is 180 Å². The van der Waals surface area contributed by atoms with Crippen molar-refractivity contribution in [3.63, 3.8) is 0 Å². The first-order valence-corrected chi connectivity index (χ1v) is 9.14. The van der Waals surface area contributed by atoms with Crippen molar-refractivity contribution >= 4 is 0 Å². The van der Waals surface area contributed by atoms with E-state index in [2.05, 4.69) is 20.2 Å². The van der Waals surface area contributed by atoms with Gasteiger partial charge in [0, 0.05) is 0 Å². The third-order valence-electron chi connectivity index (χ3n) is 4.81. The Bertz CT molecular complexity index is 1040. The fraction of sp³-hybridized carbons (Fsp3) is 0.333. The number of nitrogens with zero attached hydrogens (tertiary/aromatic N) is 6. The molecule has 4 aromatic rings. The standard InChI is InChI=1S/C18H14F6N6O3/c19-17(20,21)15(13-3-1-5-31-13,7-29-11-25-9-27-29)33-16(18(22,23)24,14-4-2-6-32-14)8-30-12-26-10-28-30/h1-6,9-12H,7-8H2. The first kappa shape index (κ1) is 22.6. The van der Waals surface area contributed by atoms with Crippen LogP contribution in [-0.2, 0) is 29.0 Å². The maximum absolute atomic E-state index is 14.7. The summed E-state index contributed by atoms with van der Waals surface area (Å²) in [5.74, 6) is -1.85. The third kappa shape index (κ3) is 3.99. The van der Waals surface area contributed by atoms with Crippen molar-refractivity contribution in [2.75, 3.05) is 0 Å². The van der Waals surface area contributed by atoms with Gasteiger partial charge in [-0.2, -0.15) is 36.5 Å². The van der Waals surface area contributed by atoms with Gasteiger partial charge in [0.1, 0.15) is 36.8 Å². The third-order valence-corrected chi connectivity index (χ3v) is 4.81. The van der Waals surface area contributed by atoms with Crippen LogP contribution < -0.4 is 0 Å². The first-order valence-electron chi connectivity index (χ1n) is 9.14. The number of hydrogen-bond donors (Lipinski definition) is 0. The molecule has 0 N–H and O–H groups in total. The van der Waals surface area contributed by atoms with E-state index in [1.54, 1.807) is 0 Å². The van der Waals surface area contributed by atoms with Gasteiger partial charge in [-0.05, 0) is 24.3 Å². The highest BCUT2D eigenvalue weighted by atomic mass is 19.4. The zero-order valence-electron chi connectivity index (χ0n) is 16.4. The van der Waals surface area contributed by atoms with E-state index in [9.17, 15) is 26.3 Å². The largest absolute Gasteiger partial charge is 0.466 e. The molecule has 0 saturated heterocycles. The molecule has 33 heavy (non-hydrogen) atoms. The smallest absolute Gasteiger partial charge is 0.426 e. The van der Waals surface area contributed by atoms with Gasteiger partial charge in [0.15, 0.2) is 0 Å². The van der Waals surface area contributed by atoms with E-state index >= 15 is 0 Å². The molecule has 0 aliphatic heterocycles. The van der Waals surface area contributed by atoms with Crippen molar-refractivity contribution < 1.29 is 39.9 Å². The van der Waals surface area contributed by atoms with Gasteiger partial charge >= 0.3 is 12.4 Å². The number of furan rings is 2. The molecule has 2 atom stereocenters. The quantitative estimate of drug-likeness (QED) is 0.358. The summed E-state index contributed by atoms with van der Waals surface area (Å²) in [5.41, 5.74) is -7.32. The first-order chi connectivity index (χ1) is 15.6. The summed E-state index contributed by atoms with van der Waals surface area (Å²) in [7, 11) is 0. The highest BCUT2D eigenvalue weighted by Gasteiger charge is 2.70. The fourth-order valence-corrected chi connectivity index (χ4v) is 3.29. The Morgan fingerprint density at radius 3 is 1.42 bits per heavy atom. The molecule has 4 rings (SSSR count). The molecular formula is C18H14F6N6O3. The van der Waals surface area contributed by atoms with Crippen LogP contribution >= 0.6 is 0 Å². The molecule has 9 nitrogen and oxygen atoms in total. The normalized spacial score (nSPS) is 16.4. The van der Waals surface area contributed by atoms with Gasteiger partial charge in [-0.1, -0.05) is 0 Å². The van der Waals surface area contributed by atoms with Gasteiger partial charge in [0.25, 0.3) is 0 Å². The number of ether oxygens (including phenoxy) is 1. The highest BCUT2D eigenvalue weighted by Crippen LogP contribution is 2.53. The molecule has 4 heterocycles. The van der Waals surface area contributed by atoms with Gasteiger partial charge in [-0.15, -0.1) is 0 Å². The average molecular weight is 476 g/mol. The Morgan fingerprint density at radius 2 is 1.15 bits per heavy atom. The van der Waals surface area contributed by atoms with Crippen LogP contribution in [0.2, 0.25) is 0 Å². The Balaban J connectivity index is 1.96. The van der Waals surface area contributed by atoms with Crippen LogP contribution in [-0.4, -0.2) is 41.9 Å². The Kier molecular flexibility index (Phi) is 5.51. The second-order valence-corrected chi connectivity index (χ2v) is 6.89. The molecule has 0 spiro atoms. The molecule has 0 saturated carbocycles. The fourth-order valence-electron chi connectivity index (χ4n) is 3.29. The van der Waals surface area contributed by atoms with Crippen molar-refractivity contribution in [3.8, 4) is 0 Å². The minimum absolute atomic E-state index is 0.689.